The molecule has 54 heavy (non-hydrogen) atoms. The number of hydrogen-bond donors (Lipinski definition) is 11. The molecule has 7 unspecified atom stereocenters. The number of anilines is 4. The number of nitrogen functional groups attached to an aromatic ring is 2. The molecule has 11 atom stereocenters. The first-order valence-electron chi connectivity index (χ1n) is 14.9. The average molecular weight is 962 g/mol. The lowest BCUT2D eigenvalue weighted by Crippen LogP contribution is -2.46. The monoisotopic (exact) mass is 962 g/mol. The molecule has 5 heterocycles. The predicted octanol–water partition coefficient (Wildman–Crippen LogP) is -2.49. The number of nitrogens with zero attached hydrogens (tertiary/aromatic N) is 5. The van der Waals surface area contributed by atoms with Gasteiger partial charge in [0.1, 0.15) is 42.3 Å². The molecule has 0 aromatic carbocycles. The van der Waals surface area contributed by atoms with Crippen LogP contribution in [0.4, 0.5) is 23.4 Å². The van der Waals surface area contributed by atoms with Crippen LogP contribution in [0.5, 0.6) is 0 Å². The zero-order chi connectivity index (χ0) is 39.9. The number of aromatic nitrogens is 6. The summed E-state index contributed by atoms with van der Waals surface area (Å²) >= 11 is 6.53. The molecule has 13 N–H and O–H groups in total. The van der Waals surface area contributed by atoms with Crippen LogP contribution in [0, 0.1) is 0 Å². The van der Waals surface area contributed by atoms with Gasteiger partial charge in [-0.2, -0.15) is 9.97 Å². The van der Waals surface area contributed by atoms with E-state index in [1.165, 1.54) is 19.1 Å². The maximum absolute atomic E-state index is 12.8. The largest absolute Gasteiger partial charge is 0.479 e. The topological polar surface area (TPSA) is 397 Å². The molecular formula is C22H34IN10O17P3S. The number of fused-ring (bicyclic) bond motifs is 1. The van der Waals surface area contributed by atoms with Crippen LogP contribution in [-0.2, 0) is 52.8 Å². The first-order chi connectivity index (χ1) is 25.2. The fraction of sp³-hybridized carbons (Fsp3) is 0.591. The van der Waals surface area contributed by atoms with Gasteiger partial charge in [0, 0.05) is 14.2 Å². The molecule has 32 heteroatoms. The Morgan fingerprint density at radius 3 is 2.13 bits per heavy atom. The van der Waals surface area contributed by atoms with Crippen molar-refractivity contribution in [3.05, 3.63) is 27.0 Å². The van der Waals surface area contributed by atoms with Gasteiger partial charge in [0.15, 0.2) is 29.4 Å². The van der Waals surface area contributed by atoms with Crippen LogP contribution in [0.3, 0.4) is 0 Å². The van der Waals surface area contributed by atoms with E-state index in [-0.39, 0.29) is 39.1 Å². The number of rotatable bonds is 16. The van der Waals surface area contributed by atoms with E-state index in [9.17, 15) is 48.7 Å². The van der Waals surface area contributed by atoms with E-state index < -0.39 is 95.8 Å². The SMILES string of the molecule is CNc1c(N(CI)[C@@H]2O[C@H](COP(=O)(O)OP(O)(=S)OP(=O)(O)OC[C@H]3O[C@@H](n4cnc5c(=O)[nH]c(N)nc54)C(O)C3O)C(O)C2OC)nc(N)[nH]c1=O. The van der Waals surface area contributed by atoms with E-state index in [1.54, 1.807) is 0 Å². The van der Waals surface area contributed by atoms with Gasteiger partial charge >= 0.3 is 22.4 Å². The van der Waals surface area contributed by atoms with E-state index >= 15 is 0 Å². The average Bonchev–Trinajstić information content (AvgIpc) is 3.71. The van der Waals surface area contributed by atoms with Gasteiger partial charge in [-0.3, -0.25) is 33.2 Å². The molecule has 3 aromatic rings. The molecule has 0 spiro atoms. The van der Waals surface area contributed by atoms with Crippen LogP contribution in [0.25, 0.3) is 11.2 Å². The number of aliphatic hydroxyl groups is 3. The Hall–Kier alpha value is -2.25. The summed E-state index contributed by atoms with van der Waals surface area (Å²) in [5.41, 5.74) is 9.69. The van der Waals surface area contributed by atoms with Gasteiger partial charge < -0.3 is 65.9 Å². The van der Waals surface area contributed by atoms with Crippen molar-refractivity contribution in [3.8, 4) is 0 Å². The standard InChI is InChI=1S/C22H34IN10O17P3S/c1-26-9-15(28-21(24)30-17(9)37)32(5-23)20-14(44-2)12(35)8(48-20)4-46-52(41,42)50-53(43,54)49-51(39,40)45-3-7-11(34)13(36)19(47-7)33-6-27-10-16(33)29-22(25)31-18(10)38/h6-8,11-14,19-20,26,34-36H,3-5H2,1-2H3,(H,39,40)(H,41,42)(H,43,54)(H3,24,28,30,37)(H3,25,29,31,38)/t7-,8-,11?,12?,13?,14?,19-,20-,53?/m1/s1. The van der Waals surface area contributed by atoms with Crippen LogP contribution in [-0.4, -0.2) is 134 Å². The Bertz CT molecular complexity index is 2110. The summed E-state index contributed by atoms with van der Waals surface area (Å²) in [5.74, 6) is -0.488. The number of phosphoric acid groups is 2. The van der Waals surface area contributed by atoms with Crippen molar-refractivity contribution < 1.29 is 71.0 Å². The Kier molecular flexibility index (Phi) is 13.3. The van der Waals surface area contributed by atoms with Crippen LogP contribution >= 0.6 is 45.0 Å². The number of nitrogens with one attached hydrogen (secondary N) is 3. The molecule has 2 aliphatic rings. The number of methoxy groups -OCH3 is 1. The van der Waals surface area contributed by atoms with Crippen molar-refractivity contribution in [2.45, 2.75) is 49.1 Å². The zero-order valence-electron chi connectivity index (χ0n) is 27.5. The van der Waals surface area contributed by atoms with E-state index in [0.29, 0.717) is 0 Å². The molecule has 3 aromatic heterocycles. The van der Waals surface area contributed by atoms with Crippen molar-refractivity contribution >= 4 is 91.3 Å². The summed E-state index contributed by atoms with van der Waals surface area (Å²) < 4.78 is 61.9. The molecule has 0 saturated carbocycles. The molecule has 27 nitrogen and oxygen atoms in total. The zero-order valence-corrected chi connectivity index (χ0v) is 33.2. The second-order valence-electron chi connectivity index (χ2n) is 11.2. The van der Waals surface area contributed by atoms with Gasteiger partial charge in [-0.25, -0.2) is 22.7 Å². The molecule has 2 aliphatic heterocycles. The summed E-state index contributed by atoms with van der Waals surface area (Å²) in [4.78, 5) is 73.4. The van der Waals surface area contributed by atoms with E-state index in [1.807, 2.05) is 22.6 Å². The van der Waals surface area contributed by atoms with Crippen LogP contribution < -0.4 is 32.8 Å². The molecule has 2 fully saturated rings. The highest BCUT2D eigenvalue weighted by atomic mass is 127. The molecule has 0 radical (unpaired) electrons. The van der Waals surface area contributed by atoms with Crippen molar-refractivity contribution in [1.29, 1.82) is 0 Å². The Morgan fingerprint density at radius 1 is 0.981 bits per heavy atom. The van der Waals surface area contributed by atoms with Gasteiger partial charge in [-0.1, -0.05) is 22.6 Å². The Labute approximate surface area is 320 Å². The molecular weight excluding hydrogens is 928 g/mol. The second-order valence-corrected chi connectivity index (χ2v) is 17.9. The molecule has 302 valence electrons. The van der Waals surface area contributed by atoms with Crippen LogP contribution in [0.1, 0.15) is 6.23 Å². The Morgan fingerprint density at radius 2 is 1.56 bits per heavy atom. The molecule has 0 amide bonds. The lowest BCUT2D eigenvalue weighted by molar-refractivity contribution is -0.0502. The van der Waals surface area contributed by atoms with Crippen LogP contribution in [0.2, 0.25) is 0 Å². The quantitative estimate of drug-likeness (QED) is 0.0306. The number of imidazole rings is 1. The minimum Gasteiger partial charge on any atom is -0.387 e. The van der Waals surface area contributed by atoms with E-state index in [4.69, 9.17) is 34.7 Å². The number of H-pyrrole nitrogens is 2. The first-order valence-corrected chi connectivity index (χ1v) is 22.0. The molecule has 5 rings (SSSR count). The maximum atomic E-state index is 12.8. The molecule has 0 bridgehead atoms. The van der Waals surface area contributed by atoms with Gasteiger partial charge in [0.05, 0.1) is 24.1 Å². The third kappa shape index (κ3) is 9.30. The number of halogens is 1. The number of ether oxygens (including phenoxy) is 3. The number of phosphoric ester groups is 2. The first kappa shape index (κ1) is 42.9. The van der Waals surface area contributed by atoms with Crippen molar-refractivity contribution in [1.82, 2.24) is 29.5 Å². The van der Waals surface area contributed by atoms with Crippen LogP contribution in [0.15, 0.2) is 15.9 Å². The number of aliphatic hydroxyl groups excluding tert-OH is 3. The van der Waals surface area contributed by atoms with Gasteiger partial charge in [-0.15, -0.1) is 0 Å². The highest BCUT2D eigenvalue weighted by Crippen LogP contribution is 2.68. The third-order valence-corrected chi connectivity index (χ3v) is 13.9. The highest BCUT2D eigenvalue weighted by molar-refractivity contribution is 14.1. The Balaban J connectivity index is 1.18. The summed E-state index contributed by atoms with van der Waals surface area (Å²) in [5, 5.41) is 34.7. The number of aromatic amines is 2. The highest BCUT2D eigenvalue weighted by Gasteiger charge is 2.50. The van der Waals surface area contributed by atoms with E-state index in [0.717, 1.165) is 10.9 Å². The lowest BCUT2D eigenvalue weighted by Gasteiger charge is -2.32. The normalized spacial score (nSPS) is 29.1. The molecule has 0 aliphatic carbocycles. The summed E-state index contributed by atoms with van der Waals surface area (Å²) in [6, 6.07) is 0. The van der Waals surface area contributed by atoms with Crippen molar-refractivity contribution in [2.75, 3.05) is 53.6 Å². The van der Waals surface area contributed by atoms with Crippen molar-refractivity contribution in [2.24, 2.45) is 0 Å². The van der Waals surface area contributed by atoms with Gasteiger partial charge in [0.25, 0.3) is 11.1 Å². The number of nitrogens with two attached hydrogens (primary N) is 2. The smallest absolute Gasteiger partial charge is 0.387 e. The fourth-order valence-corrected chi connectivity index (χ4v) is 11.2. The van der Waals surface area contributed by atoms with E-state index in [2.05, 4.69) is 50.7 Å². The van der Waals surface area contributed by atoms with Gasteiger partial charge in [-0.05, 0) is 11.8 Å². The lowest BCUT2D eigenvalue weighted by atomic mass is 10.1. The predicted molar refractivity (Wildman–Crippen MR) is 194 cm³/mol. The number of hydrogen-bond acceptors (Lipinski definition) is 22. The minimum atomic E-state index is -5.47. The summed E-state index contributed by atoms with van der Waals surface area (Å²) in [6.07, 6.45) is -10.7. The second kappa shape index (κ2) is 16.7. The summed E-state index contributed by atoms with van der Waals surface area (Å²) in [7, 11) is -8.23. The third-order valence-electron chi connectivity index (χ3n) is 7.74. The van der Waals surface area contributed by atoms with Crippen molar-refractivity contribution in [3.63, 3.8) is 0 Å². The fourth-order valence-electron chi connectivity index (χ4n) is 5.40. The maximum Gasteiger partial charge on any atom is 0.479 e. The molecule has 2 saturated heterocycles. The van der Waals surface area contributed by atoms with Gasteiger partial charge in [0.2, 0.25) is 11.9 Å². The summed E-state index contributed by atoms with van der Waals surface area (Å²) in [6.45, 7) is -7.05. The minimum absolute atomic E-state index is 0.0000639. The number of alkyl halides is 1.